The molecule has 2 aliphatic rings. The summed E-state index contributed by atoms with van der Waals surface area (Å²) in [5.41, 5.74) is 3.27. The highest BCUT2D eigenvalue weighted by molar-refractivity contribution is 5.85. The molecule has 2 fully saturated rings. The van der Waals surface area contributed by atoms with Gasteiger partial charge in [0.1, 0.15) is 5.75 Å². The minimum atomic E-state index is 0. The average Bonchev–Trinajstić information content (AvgIpc) is 2.87. The van der Waals surface area contributed by atoms with Crippen molar-refractivity contribution in [2.45, 2.75) is 76.9 Å². The van der Waals surface area contributed by atoms with Crippen LogP contribution in [0.5, 0.6) is 11.6 Å². The van der Waals surface area contributed by atoms with Gasteiger partial charge in [-0.15, -0.1) is 29.9 Å². The molecular weight excluding hydrogens is 485 g/mol. The predicted molar refractivity (Wildman–Crippen MR) is 145 cm³/mol. The summed E-state index contributed by atoms with van der Waals surface area (Å²) in [6.45, 7) is 4.66. The molecular formula is C27H41Cl2N3O3. The first-order valence-electron chi connectivity index (χ1n) is 12.8. The molecule has 0 radical (unpaired) electrons. The lowest BCUT2D eigenvalue weighted by Gasteiger charge is -2.30. The zero-order chi connectivity index (χ0) is 22.9. The maximum Gasteiger partial charge on any atom is 0.234 e. The van der Waals surface area contributed by atoms with E-state index >= 15 is 0 Å². The summed E-state index contributed by atoms with van der Waals surface area (Å²) in [7, 11) is 1.77. The second kappa shape index (κ2) is 15.5. The smallest absolute Gasteiger partial charge is 0.234 e. The molecule has 2 heterocycles. The lowest BCUT2D eigenvalue weighted by molar-refractivity contribution is 0.0134. The molecule has 1 aromatic carbocycles. The Balaban J connectivity index is 0.00000216. The van der Waals surface area contributed by atoms with Gasteiger partial charge in [0.05, 0.1) is 24.5 Å². The molecule has 8 heteroatoms. The van der Waals surface area contributed by atoms with Crippen molar-refractivity contribution in [1.29, 1.82) is 0 Å². The number of halogens is 2. The van der Waals surface area contributed by atoms with E-state index in [1.54, 1.807) is 7.11 Å². The first-order chi connectivity index (χ1) is 16.3. The van der Waals surface area contributed by atoms with Gasteiger partial charge in [-0.3, -0.25) is 0 Å². The van der Waals surface area contributed by atoms with Crippen molar-refractivity contribution in [3.63, 3.8) is 0 Å². The van der Waals surface area contributed by atoms with Gasteiger partial charge in [-0.1, -0.05) is 31.9 Å². The van der Waals surface area contributed by atoms with Gasteiger partial charge in [-0.25, -0.2) is 0 Å². The molecule has 2 aromatic rings. The number of ether oxygens (including phenoxy) is 3. The van der Waals surface area contributed by atoms with Crippen LogP contribution in [-0.4, -0.2) is 49.2 Å². The van der Waals surface area contributed by atoms with Gasteiger partial charge in [-0.2, -0.15) is 5.10 Å². The van der Waals surface area contributed by atoms with E-state index in [4.69, 9.17) is 14.2 Å². The summed E-state index contributed by atoms with van der Waals surface area (Å²) >= 11 is 0. The topological polar surface area (TPSA) is 65.5 Å². The number of nitrogens with zero attached hydrogens (tertiary/aromatic N) is 2. The number of aromatic nitrogens is 2. The van der Waals surface area contributed by atoms with Gasteiger partial charge in [0.15, 0.2) is 0 Å². The largest absolute Gasteiger partial charge is 0.490 e. The Morgan fingerprint density at radius 3 is 2.49 bits per heavy atom. The summed E-state index contributed by atoms with van der Waals surface area (Å²) in [6, 6.07) is 10.5. The van der Waals surface area contributed by atoms with Crippen LogP contribution in [0.1, 0.15) is 64.0 Å². The Kier molecular flexibility index (Phi) is 13.1. The fourth-order valence-electron chi connectivity index (χ4n) is 4.88. The molecule has 1 aliphatic carbocycles. The van der Waals surface area contributed by atoms with E-state index in [1.165, 1.54) is 32.1 Å². The minimum Gasteiger partial charge on any atom is -0.490 e. The zero-order valence-corrected chi connectivity index (χ0v) is 22.7. The molecule has 1 aliphatic heterocycles. The molecule has 1 aromatic heterocycles. The molecule has 2 atom stereocenters. The van der Waals surface area contributed by atoms with Crippen LogP contribution in [0.3, 0.4) is 0 Å². The fourth-order valence-corrected chi connectivity index (χ4v) is 4.88. The summed E-state index contributed by atoms with van der Waals surface area (Å²) in [5, 5.41) is 12.3. The van der Waals surface area contributed by atoms with Crippen molar-refractivity contribution in [2.24, 2.45) is 5.92 Å². The number of aryl methyl sites for hydroxylation is 1. The van der Waals surface area contributed by atoms with E-state index < -0.39 is 0 Å². The van der Waals surface area contributed by atoms with Crippen LogP contribution in [0, 0.1) is 5.92 Å². The first kappa shape index (κ1) is 29.6. The SMILES string of the molecule is CCCCc1nnc(OC[C@@H]2CCNC[C@@H]2OC)cc1-c1ccc(OC2CCCCC2)cc1.Cl.Cl. The molecule has 1 N–H and O–H groups in total. The maximum atomic E-state index is 6.22. The standard InChI is InChI=1S/C27H39N3O3.2ClH/c1-3-4-10-25-24(20-11-13-23(14-12-20)33-22-8-6-5-7-9-22)17-27(30-29-25)32-19-21-15-16-28-18-26(21)31-2;;/h11-14,17,21-22,26,28H,3-10,15-16,18-19H2,1-2H3;2*1H/t21-,26-;;/m0../s1. The van der Waals surface area contributed by atoms with E-state index in [9.17, 15) is 0 Å². The van der Waals surface area contributed by atoms with Crippen molar-refractivity contribution in [3.8, 4) is 22.8 Å². The van der Waals surface area contributed by atoms with Crippen LogP contribution in [0.25, 0.3) is 11.1 Å². The monoisotopic (exact) mass is 525 g/mol. The summed E-state index contributed by atoms with van der Waals surface area (Å²) in [6.07, 6.45) is 10.9. The molecule has 35 heavy (non-hydrogen) atoms. The molecule has 0 spiro atoms. The lowest BCUT2D eigenvalue weighted by atomic mass is 9.96. The number of methoxy groups -OCH3 is 1. The van der Waals surface area contributed by atoms with E-state index in [0.717, 1.165) is 61.3 Å². The van der Waals surface area contributed by atoms with Crippen LogP contribution in [0.4, 0.5) is 0 Å². The third-order valence-corrected chi connectivity index (χ3v) is 6.95. The van der Waals surface area contributed by atoms with Crippen LogP contribution in [0.15, 0.2) is 30.3 Å². The van der Waals surface area contributed by atoms with E-state index in [0.29, 0.717) is 24.5 Å². The molecule has 0 bridgehead atoms. The summed E-state index contributed by atoms with van der Waals surface area (Å²) in [4.78, 5) is 0. The third kappa shape index (κ3) is 8.49. The van der Waals surface area contributed by atoms with Crippen LogP contribution in [-0.2, 0) is 11.2 Å². The molecule has 1 saturated heterocycles. The molecule has 6 nitrogen and oxygen atoms in total. The second-order valence-corrected chi connectivity index (χ2v) is 9.39. The van der Waals surface area contributed by atoms with Crippen LogP contribution >= 0.6 is 24.8 Å². The number of unbranched alkanes of at least 4 members (excludes halogenated alkanes) is 1. The number of hydrogen-bond donors (Lipinski definition) is 1. The molecule has 4 rings (SSSR count). The minimum absolute atomic E-state index is 0. The van der Waals surface area contributed by atoms with Gasteiger partial charge < -0.3 is 19.5 Å². The van der Waals surface area contributed by atoms with Gasteiger partial charge in [-0.05, 0) is 69.2 Å². The number of benzene rings is 1. The van der Waals surface area contributed by atoms with Crippen molar-refractivity contribution in [2.75, 3.05) is 26.8 Å². The molecule has 0 amide bonds. The van der Waals surface area contributed by atoms with Gasteiger partial charge >= 0.3 is 0 Å². The normalized spacial score (nSPS) is 20.4. The van der Waals surface area contributed by atoms with Gasteiger partial charge in [0.25, 0.3) is 0 Å². The van der Waals surface area contributed by atoms with Gasteiger partial charge in [0.2, 0.25) is 5.88 Å². The quantitative estimate of drug-likeness (QED) is 0.407. The van der Waals surface area contributed by atoms with Crippen LogP contribution in [0.2, 0.25) is 0 Å². The van der Waals surface area contributed by atoms with Crippen molar-refractivity contribution >= 4 is 24.8 Å². The van der Waals surface area contributed by atoms with E-state index in [2.05, 4.69) is 52.8 Å². The van der Waals surface area contributed by atoms with Crippen molar-refractivity contribution < 1.29 is 14.2 Å². The van der Waals surface area contributed by atoms with Gasteiger partial charge in [0, 0.05) is 31.2 Å². The Morgan fingerprint density at radius 2 is 1.77 bits per heavy atom. The Labute approximate surface area is 222 Å². The number of hydrogen-bond acceptors (Lipinski definition) is 6. The number of rotatable bonds is 10. The summed E-state index contributed by atoms with van der Waals surface area (Å²) in [5.74, 6) is 1.90. The molecule has 196 valence electrons. The summed E-state index contributed by atoms with van der Waals surface area (Å²) < 4.78 is 18.0. The third-order valence-electron chi connectivity index (χ3n) is 6.95. The highest BCUT2D eigenvalue weighted by atomic mass is 35.5. The second-order valence-electron chi connectivity index (χ2n) is 9.39. The predicted octanol–water partition coefficient (Wildman–Crippen LogP) is 6.04. The highest BCUT2D eigenvalue weighted by Crippen LogP contribution is 2.30. The average molecular weight is 527 g/mol. The fraction of sp³-hybridized carbons (Fsp3) is 0.630. The zero-order valence-electron chi connectivity index (χ0n) is 21.0. The Bertz CT molecular complexity index is 863. The first-order valence-corrected chi connectivity index (χ1v) is 12.8. The van der Waals surface area contributed by atoms with E-state index in [1.807, 2.05) is 0 Å². The molecule has 0 unspecified atom stereocenters. The van der Waals surface area contributed by atoms with Crippen molar-refractivity contribution in [3.05, 3.63) is 36.0 Å². The number of nitrogens with one attached hydrogen (secondary N) is 1. The Morgan fingerprint density at radius 1 is 1.00 bits per heavy atom. The lowest BCUT2D eigenvalue weighted by Crippen LogP contribution is -2.44. The number of piperidine rings is 1. The molecule has 1 saturated carbocycles. The van der Waals surface area contributed by atoms with Crippen molar-refractivity contribution in [1.82, 2.24) is 15.5 Å². The maximum absolute atomic E-state index is 6.22. The van der Waals surface area contributed by atoms with E-state index in [-0.39, 0.29) is 30.9 Å². The highest BCUT2D eigenvalue weighted by Gasteiger charge is 2.25. The van der Waals surface area contributed by atoms with Crippen LogP contribution < -0.4 is 14.8 Å². The Hall–Kier alpha value is -1.60.